The van der Waals surface area contributed by atoms with E-state index in [9.17, 15) is 0 Å². The molecule has 0 spiro atoms. The Kier molecular flexibility index (Phi) is 2.78. The minimum absolute atomic E-state index is 0.400. The maximum absolute atomic E-state index is 5.80. The summed E-state index contributed by atoms with van der Waals surface area (Å²) in [7, 11) is 3.16. The van der Waals surface area contributed by atoms with Crippen molar-refractivity contribution in [3.8, 4) is 22.8 Å². The molecular formula is C11H14N4O2. The van der Waals surface area contributed by atoms with Crippen LogP contribution < -0.4 is 21.1 Å². The van der Waals surface area contributed by atoms with Crippen LogP contribution in [0.4, 0.5) is 5.82 Å². The van der Waals surface area contributed by atoms with Crippen LogP contribution in [0.15, 0.2) is 24.5 Å². The topological polar surface area (TPSA) is 88.3 Å². The van der Waals surface area contributed by atoms with E-state index in [1.807, 2.05) is 6.07 Å². The summed E-state index contributed by atoms with van der Waals surface area (Å²) in [6, 6.07) is 5.45. The molecule has 0 unspecified atom stereocenters. The van der Waals surface area contributed by atoms with Crippen molar-refractivity contribution < 1.29 is 9.47 Å². The number of anilines is 1. The van der Waals surface area contributed by atoms with Gasteiger partial charge in [0.15, 0.2) is 11.5 Å². The molecule has 90 valence electrons. The summed E-state index contributed by atoms with van der Waals surface area (Å²) < 4.78 is 11.6. The first-order chi connectivity index (χ1) is 8.17. The van der Waals surface area contributed by atoms with Gasteiger partial charge in [0.05, 0.1) is 14.2 Å². The molecule has 0 amide bonds. The van der Waals surface area contributed by atoms with E-state index < -0.39 is 0 Å². The number of rotatable bonds is 3. The van der Waals surface area contributed by atoms with Crippen LogP contribution in [0.2, 0.25) is 0 Å². The molecule has 0 aliphatic carbocycles. The highest BCUT2D eigenvalue weighted by Gasteiger charge is 2.11. The molecule has 0 saturated carbocycles. The highest BCUT2D eigenvalue weighted by Crippen LogP contribution is 2.33. The Labute approximate surface area is 98.7 Å². The molecule has 6 nitrogen and oxygen atoms in total. The molecule has 17 heavy (non-hydrogen) atoms. The van der Waals surface area contributed by atoms with Gasteiger partial charge in [-0.3, -0.25) is 0 Å². The molecule has 4 N–H and O–H groups in total. The Balaban J connectivity index is 2.50. The number of methoxy groups -OCH3 is 2. The van der Waals surface area contributed by atoms with Crippen LogP contribution in [0.1, 0.15) is 0 Å². The van der Waals surface area contributed by atoms with Crippen molar-refractivity contribution in [3.05, 3.63) is 24.5 Å². The molecule has 2 rings (SSSR count). The Hall–Kier alpha value is -2.37. The van der Waals surface area contributed by atoms with Gasteiger partial charge in [-0.1, -0.05) is 0 Å². The SMILES string of the molecule is COc1ccc(-c2ncn(N)c2N)cc1OC. The number of aromatic nitrogens is 2. The maximum atomic E-state index is 5.80. The molecule has 0 saturated heterocycles. The van der Waals surface area contributed by atoms with Gasteiger partial charge in [0, 0.05) is 5.56 Å². The molecule has 1 aromatic heterocycles. The summed E-state index contributed by atoms with van der Waals surface area (Å²) in [5.41, 5.74) is 7.24. The molecule has 6 heteroatoms. The lowest BCUT2D eigenvalue weighted by molar-refractivity contribution is 0.355. The van der Waals surface area contributed by atoms with E-state index >= 15 is 0 Å². The molecule has 0 aliphatic rings. The fourth-order valence-electron chi connectivity index (χ4n) is 1.58. The normalized spacial score (nSPS) is 10.2. The number of imidazole rings is 1. The summed E-state index contributed by atoms with van der Waals surface area (Å²) in [6.07, 6.45) is 1.46. The lowest BCUT2D eigenvalue weighted by Crippen LogP contribution is -2.09. The van der Waals surface area contributed by atoms with Gasteiger partial charge in [-0.25, -0.2) is 9.66 Å². The summed E-state index contributed by atoms with van der Waals surface area (Å²) in [6.45, 7) is 0. The van der Waals surface area contributed by atoms with Crippen molar-refractivity contribution >= 4 is 5.82 Å². The Bertz CT molecular complexity index is 536. The van der Waals surface area contributed by atoms with Crippen molar-refractivity contribution in [2.45, 2.75) is 0 Å². The fraction of sp³-hybridized carbons (Fsp3) is 0.182. The molecule has 2 aromatic rings. The zero-order valence-corrected chi connectivity index (χ0v) is 9.68. The van der Waals surface area contributed by atoms with Crippen LogP contribution >= 0.6 is 0 Å². The third kappa shape index (κ3) is 1.84. The number of nitrogen functional groups attached to an aromatic ring is 2. The fourth-order valence-corrected chi connectivity index (χ4v) is 1.58. The van der Waals surface area contributed by atoms with Gasteiger partial charge in [0.1, 0.15) is 17.8 Å². The van der Waals surface area contributed by atoms with Crippen LogP contribution in [0.25, 0.3) is 11.3 Å². The van der Waals surface area contributed by atoms with Crippen LogP contribution in [-0.2, 0) is 0 Å². The molecule has 0 radical (unpaired) electrons. The van der Waals surface area contributed by atoms with Gasteiger partial charge in [0.2, 0.25) is 0 Å². The monoisotopic (exact) mass is 234 g/mol. The number of nitrogens with zero attached hydrogens (tertiary/aromatic N) is 2. The van der Waals surface area contributed by atoms with E-state index in [2.05, 4.69) is 4.98 Å². The zero-order valence-electron chi connectivity index (χ0n) is 9.68. The largest absolute Gasteiger partial charge is 0.493 e. The number of ether oxygens (including phenoxy) is 2. The van der Waals surface area contributed by atoms with Crippen LogP contribution in [-0.4, -0.2) is 23.9 Å². The molecule has 1 aromatic carbocycles. The van der Waals surface area contributed by atoms with Gasteiger partial charge < -0.3 is 21.1 Å². The van der Waals surface area contributed by atoms with Crippen molar-refractivity contribution in [2.75, 3.05) is 25.8 Å². The zero-order chi connectivity index (χ0) is 12.4. The van der Waals surface area contributed by atoms with Gasteiger partial charge >= 0.3 is 0 Å². The first kappa shape index (κ1) is 11.1. The Morgan fingerprint density at radius 1 is 1.18 bits per heavy atom. The summed E-state index contributed by atoms with van der Waals surface area (Å²) >= 11 is 0. The van der Waals surface area contributed by atoms with Crippen molar-refractivity contribution in [2.24, 2.45) is 0 Å². The van der Waals surface area contributed by atoms with Crippen molar-refractivity contribution in [3.63, 3.8) is 0 Å². The summed E-state index contributed by atoms with van der Waals surface area (Å²) in [5.74, 6) is 7.25. The second-order valence-electron chi connectivity index (χ2n) is 3.46. The number of benzene rings is 1. The average Bonchev–Trinajstić information content (AvgIpc) is 2.69. The van der Waals surface area contributed by atoms with E-state index in [1.165, 1.54) is 11.0 Å². The first-order valence-corrected chi connectivity index (χ1v) is 4.97. The van der Waals surface area contributed by atoms with Gasteiger partial charge in [-0.2, -0.15) is 0 Å². The highest BCUT2D eigenvalue weighted by molar-refractivity contribution is 5.72. The minimum Gasteiger partial charge on any atom is -0.493 e. The van der Waals surface area contributed by atoms with E-state index in [0.29, 0.717) is 23.0 Å². The van der Waals surface area contributed by atoms with Crippen molar-refractivity contribution in [1.29, 1.82) is 0 Å². The second kappa shape index (κ2) is 4.25. The van der Waals surface area contributed by atoms with E-state index in [4.69, 9.17) is 21.1 Å². The predicted octanol–water partition coefficient (Wildman–Crippen LogP) is 0.863. The number of hydrogen-bond acceptors (Lipinski definition) is 5. The van der Waals surface area contributed by atoms with Gasteiger partial charge in [0.25, 0.3) is 0 Å². The maximum Gasteiger partial charge on any atom is 0.161 e. The predicted molar refractivity (Wildman–Crippen MR) is 65.3 cm³/mol. The highest BCUT2D eigenvalue weighted by atomic mass is 16.5. The number of nitrogens with two attached hydrogens (primary N) is 2. The number of hydrogen-bond donors (Lipinski definition) is 2. The molecule has 0 aliphatic heterocycles. The Morgan fingerprint density at radius 2 is 1.88 bits per heavy atom. The lowest BCUT2D eigenvalue weighted by atomic mass is 10.1. The molecule has 0 bridgehead atoms. The molecule has 1 heterocycles. The third-order valence-corrected chi connectivity index (χ3v) is 2.49. The van der Waals surface area contributed by atoms with Crippen molar-refractivity contribution in [1.82, 2.24) is 9.66 Å². The van der Waals surface area contributed by atoms with E-state index in [1.54, 1.807) is 26.4 Å². The standard InChI is InChI=1S/C11H14N4O2/c1-16-8-4-3-7(5-9(8)17-2)10-11(12)15(13)6-14-10/h3-6H,12-13H2,1-2H3. The van der Waals surface area contributed by atoms with Gasteiger partial charge in [-0.05, 0) is 18.2 Å². The smallest absolute Gasteiger partial charge is 0.161 e. The van der Waals surface area contributed by atoms with E-state index in [-0.39, 0.29) is 0 Å². The second-order valence-corrected chi connectivity index (χ2v) is 3.46. The quantitative estimate of drug-likeness (QED) is 0.769. The molecule has 0 atom stereocenters. The minimum atomic E-state index is 0.400. The molecule has 0 fully saturated rings. The Morgan fingerprint density at radius 3 is 2.41 bits per heavy atom. The van der Waals surface area contributed by atoms with Crippen LogP contribution in [0.3, 0.4) is 0 Å². The first-order valence-electron chi connectivity index (χ1n) is 4.97. The molecular weight excluding hydrogens is 220 g/mol. The third-order valence-electron chi connectivity index (χ3n) is 2.49. The van der Waals surface area contributed by atoms with E-state index in [0.717, 1.165) is 5.56 Å². The van der Waals surface area contributed by atoms with Gasteiger partial charge in [-0.15, -0.1) is 0 Å². The summed E-state index contributed by atoms with van der Waals surface area (Å²) in [5, 5.41) is 0. The summed E-state index contributed by atoms with van der Waals surface area (Å²) in [4.78, 5) is 4.13. The van der Waals surface area contributed by atoms with Crippen LogP contribution in [0.5, 0.6) is 11.5 Å². The average molecular weight is 234 g/mol. The lowest BCUT2D eigenvalue weighted by Gasteiger charge is -2.08. The van der Waals surface area contributed by atoms with Crippen LogP contribution in [0, 0.1) is 0 Å².